The maximum Gasteiger partial charge on any atom is 0.411 e. The Labute approximate surface area is 181 Å². The van der Waals surface area contributed by atoms with Crippen molar-refractivity contribution in [2.45, 2.75) is 19.6 Å². The highest BCUT2D eigenvalue weighted by Crippen LogP contribution is 2.28. The fraction of sp³-hybridized carbons (Fsp3) is 0.235. The number of hydrogen-bond acceptors (Lipinski definition) is 5. The van der Waals surface area contributed by atoms with Gasteiger partial charge < -0.3 is 14.8 Å². The number of anilines is 1. The zero-order valence-electron chi connectivity index (χ0n) is 15.1. The summed E-state index contributed by atoms with van der Waals surface area (Å²) in [5.41, 5.74) is 0.404. The minimum Gasteiger partial charge on any atom is -0.470 e. The van der Waals surface area contributed by atoms with Crippen LogP contribution in [-0.2, 0) is 18.2 Å². The van der Waals surface area contributed by atoms with E-state index in [1.807, 2.05) is 0 Å². The number of halogens is 5. The van der Waals surface area contributed by atoms with E-state index in [1.165, 1.54) is 23.1 Å². The van der Waals surface area contributed by atoms with Gasteiger partial charge in [-0.3, -0.25) is 4.79 Å². The summed E-state index contributed by atoms with van der Waals surface area (Å²) in [7, 11) is 0. The molecular formula is C17H14BrClF3N5O3. The third-order valence-electron chi connectivity index (χ3n) is 3.50. The molecule has 8 nitrogen and oxygen atoms in total. The van der Waals surface area contributed by atoms with Gasteiger partial charge in [-0.25, -0.2) is 9.36 Å². The Hall–Kier alpha value is -2.57. The van der Waals surface area contributed by atoms with Gasteiger partial charge in [0.2, 0.25) is 0 Å². The summed E-state index contributed by atoms with van der Waals surface area (Å²) >= 11 is 9.22. The van der Waals surface area contributed by atoms with E-state index in [9.17, 15) is 18.0 Å². The van der Waals surface area contributed by atoms with Crippen LogP contribution in [0.2, 0.25) is 5.02 Å². The van der Waals surface area contributed by atoms with Crippen LogP contribution < -0.4 is 10.1 Å². The van der Waals surface area contributed by atoms with Crippen molar-refractivity contribution in [1.29, 1.82) is 0 Å². The minimum absolute atomic E-state index is 0.0575. The number of amides is 1. The third-order valence-corrected chi connectivity index (χ3v) is 4.35. The number of carbonyl (C=O) groups excluding carboxylic acids is 1. The number of aromatic nitrogens is 4. The van der Waals surface area contributed by atoms with Crippen LogP contribution in [0.1, 0.15) is 10.5 Å². The Kier molecular flexibility index (Phi) is 7.00. The topological polar surface area (TPSA) is 83.2 Å². The highest BCUT2D eigenvalue weighted by atomic mass is 79.9. The number of ether oxygens (including phenoxy) is 2. The number of alkyl halides is 3. The van der Waals surface area contributed by atoms with Crippen molar-refractivity contribution < 1.29 is 27.4 Å². The molecule has 1 amide bonds. The largest absolute Gasteiger partial charge is 0.470 e. The van der Waals surface area contributed by atoms with E-state index >= 15 is 0 Å². The van der Waals surface area contributed by atoms with Gasteiger partial charge in [0.1, 0.15) is 19.1 Å². The fourth-order valence-corrected chi connectivity index (χ4v) is 3.03. The van der Waals surface area contributed by atoms with E-state index in [1.54, 1.807) is 24.4 Å². The van der Waals surface area contributed by atoms with Crippen molar-refractivity contribution in [3.63, 3.8) is 0 Å². The van der Waals surface area contributed by atoms with Gasteiger partial charge in [0.05, 0.1) is 22.6 Å². The van der Waals surface area contributed by atoms with E-state index in [-0.39, 0.29) is 18.1 Å². The molecule has 2 aromatic heterocycles. The predicted molar refractivity (Wildman–Crippen MR) is 104 cm³/mol. The van der Waals surface area contributed by atoms with Gasteiger partial charge in [-0.1, -0.05) is 11.6 Å². The summed E-state index contributed by atoms with van der Waals surface area (Å²) in [4.78, 5) is 12.3. The molecule has 0 radical (unpaired) electrons. The van der Waals surface area contributed by atoms with Crippen LogP contribution in [0.3, 0.4) is 0 Å². The van der Waals surface area contributed by atoms with Gasteiger partial charge in [0.25, 0.3) is 5.91 Å². The molecule has 3 aromatic rings. The number of nitrogens with zero attached hydrogens (tertiary/aromatic N) is 4. The van der Waals surface area contributed by atoms with Crippen LogP contribution in [0.4, 0.5) is 18.9 Å². The Bertz CT molecular complexity index is 1020. The van der Waals surface area contributed by atoms with E-state index in [0.29, 0.717) is 15.2 Å². The SMILES string of the molecule is O=C(Nc1cnn(COCC(F)(F)F)c1)c1ccn(COc2ccc(Cl)cc2Br)n1. The molecule has 0 atom stereocenters. The molecule has 2 heterocycles. The molecule has 0 bridgehead atoms. The van der Waals surface area contributed by atoms with Gasteiger partial charge in [0, 0.05) is 11.2 Å². The van der Waals surface area contributed by atoms with Crippen molar-refractivity contribution in [1.82, 2.24) is 19.6 Å². The summed E-state index contributed by atoms with van der Waals surface area (Å²) in [6, 6.07) is 6.55. The molecule has 3 rings (SSSR count). The molecule has 0 saturated carbocycles. The molecule has 0 fully saturated rings. The lowest BCUT2D eigenvalue weighted by Crippen LogP contribution is -2.18. The van der Waals surface area contributed by atoms with Crippen LogP contribution in [-0.4, -0.2) is 38.3 Å². The monoisotopic (exact) mass is 507 g/mol. The number of hydrogen-bond donors (Lipinski definition) is 1. The first-order valence-corrected chi connectivity index (χ1v) is 9.46. The van der Waals surface area contributed by atoms with Gasteiger partial charge in [0.15, 0.2) is 12.4 Å². The van der Waals surface area contributed by atoms with Gasteiger partial charge in [-0.15, -0.1) is 0 Å². The molecule has 0 aliphatic heterocycles. The van der Waals surface area contributed by atoms with E-state index < -0.39 is 25.4 Å². The van der Waals surface area contributed by atoms with Crippen molar-refractivity contribution in [2.75, 3.05) is 11.9 Å². The lowest BCUT2D eigenvalue weighted by atomic mass is 10.3. The second-order valence-electron chi connectivity index (χ2n) is 5.90. The first kappa shape index (κ1) is 22.1. The molecule has 160 valence electrons. The number of nitrogens with one attached hydrogen (secondary N) is 1. The Morgan fingerprint density at radius 1 is 1.23 bits per heavy atom. The third kappa shape index (κ3) is 6.47. The molecule has 0 saturated heterocycles. The molecule has 0 unspecified atom stereocenters. The fourth-order valence-electron chi connectivity index (χ4n) is 2.23. The molecule has 0 aliphatic carbocycles. The molecular weight excluding hydrogens is 495 g/mol. The first-order chi connectivity index (χ1) is 14.2. The molecule has 1 aromatic carbocycles. The Morgan fingerprint density at radius 3 is 2.77 bits per heavy atom. The van der Waals surface area contributed by atoms with E-state index in [4.69, 9.17) is 16.3 Å². The molecule has 1 N–H and O–H groups in total. The van der Waals surface area contributed by atoms with Crippen molar-refractivity contribution in [3.05, 3.63) is 58.0 Å². The summed E-state index contributed by atoms with van der Waals surface area (Å²) in [5, 5.41) is 11.0. The maximum absolute atomic E-state index is 12.3. The quantitative estimate of drug-likeness (QED) is 0.490. The molecule has 30 heavy (non-hydrogen) atoms. The van der Waals surface area contributed by atoms with Crippen LogP contribution in [0.15, 0.2) is 47.3 Å². The maximum atomic E-state index is 12.3. The van der Waals surface area contributed by atoms with Crippen LogP contribution in [0, 0.1) is 0 Å². The Balaban J connectivity index is 1.51. The summed E-state index contributed by atoms with van der Waals surface area (Å²) in [5.74, 6) is 0.0400. The summed E-state index contributed by atoms with van der Waals surface area (Å²) in [6.07, 6.45) is -0.233. The first-order valence-electron chi connectivity index (χ1n) is 8.29. The zero-order chi connectivity index (χ0) is 21.7. The van der Waals surface area contributed by atoms with Gasteiger partial charge >= 0.3 is 6.18 Å². The standard InChI is InChI=1S/C17H14BrClF3N5O3/c18-13-5-11(19)1-2-15(13)30-10-26-4-3-14(25-26)16(28)24-12-6-23-27(7-12)9-29-8-17(20,21)22/h1-7H,8-10H2,(H,24,28). The van der Waals surface area contributed by atoms with Crippen LogP contribution >= 0.6 is 27.5 Å². The lowest BCUT2D eigenvalue weighted by molar-refractivity contribution is -0.182. The smallest absolute Gasteiger partial charge is 0.411 e. The van der Waals surface area contributed by atoms with Crippen molar-refractivity contribution in [2.24, 2.45) is 0 Å². The second kappa shape index (κ2) is 9.49. The zero-order valence-corrected chi connectivity index (χ0v) is 17.4. The second-order valence-corrected chi connectivity index (χ2v) is 7.19. The van der Waals surface area contributed by atoms with E-state index in [2.05, 4.69) is 36.2 Å². The molecule has 0 aliphatic rings. The average Bonchev–Trinajstić information content (AvgIpc) is 3.29. The van der Waals surface area contributed by atoms with Gasteiger partial charge in [-0.05, 0) is 40.2 Å². The Morgan fingerprint density at radius 2 is 2.03 bits per heavy atom. The minimum atomic E-state index is -4.42. The summed E-state index contributed by atoms with van der Waals surface area (Å²) in [6.45, 7) is -1.73. The predicted octanol–water partition coefficient (Wildman–Crippen LogP) is 4.32. The highest BCUT2D eigenvalue weighted by Gasteiger charge is 2.27. The number of carbonyl (C=O) groups is 1. The van der Waals surface area contributed by atoms with Crippen molar-refractivity contribution >= 4 is 39.1 Å². The normalized spacial score (nSPS) is 11.5. The number of benzene rings is 1. The lowest BCUT2D eigenvalue weighted by Gasteiger charge is -2.08. The van der Waals surface area contributed by atoms with Gasteiger partial charge in [-0.2, -0.15) is 23.4 Å². The average molecular weight is 509 g/mol. The number of rotatable bonds is 8. The van der Waals surface area contributed by atoms with Crippen LogP contribution in [0.5, 0.6) is 5.75 Å². The van der Waals surface area contributed by atoms with Crippen molar-refractivity contribution in [3.8, 4) is 5.75 Å². The highest BCUT2D eigenvalue weighted by molar-refractivity contribution is 9.10. The molecule has 13 heteroatoms. The molecule has 0 spiro atoms. The van der Waals surface area contributed by atoms with E-state index in [0.717, 1.165) is 4.68 Å². The summed E-state index contributed by atoms with van der Waals surface area (Å²) < 4.78 is 49.5. The van der Waals surface area contributed by atoms with Crippen LogP contribution in [0.25, 0.3) is 0 Å².